The van der Waals surface area contributed by atoms with Crippen LogP contribution in [0, 0.1) is 12.8 Å². The van der Waals surface area contributed by atoms with E-state index in [1.165, 1.54) is 29.6 Å². The highest BCUT2D eigenvalue weighted by atomic mass is 35.5. The average Bonchev–Trinajstić information content (AvgIpc) is 2.60. The molecule has 0 aromatic heterocycles. The second-order valence-corrected chi connectivity index (χ2v) is 10.1. The smallest absolute Gasteiger partial charge is 0.243 e. The van der Waals surface area contributed by atoms with E-state index in [0.29, 0.717) is 24.6 Å². The first kappa shape index (κ1) is 23.3. The van der Waals surface area contributed by atoms with Crippen LogP contribution < -0.4 is 10.0 Å². The van der Waals surface area contributed by atoms with Crippen LogP contribution in [0.2, 0.25) is 0 Å². The lowest BCUT2D eigenvalue weighted by Crippen LogP contribution is -2.40. The van der Waals surface area contributed by atoms with Crippen LogP contribution in [0.1, 0.15) is 25.3 Å². The fourth-order valence-corrected chi connectivity index (χ4v) is 5.55. The summed E-state index contributed by atoms with van der Waals surface area (Å²) >= 11 is 0. The zero-order valence-corrected chi connectivity index (χ0v) is 17.8. The molecule has 26 heavy (non-hydrogen) atoms. The molecule has 0 saturated carbocycles. The zero-order valence-electron chi connectivity index (χ0n) is 15.4. The Morgan fingerprint density at radius 2 is 1.77 bits per heavy atom. The minimum atomic E-state index is -3.60. The summed E-state index contributed by atoms with van der Waals surface area (Å²) in [4.78, 5) is 0.239. The van der Waals surface area contributed by atoms with Gasteiger partial charge in [-0.05, 0) is 69.6 Å². The Kier molecular flexibility index (Phi) is 8.50. The van der Waals surface area contributed by atoms with Crippen molar-refractivity contribution in [1.82, 2.24) is 14.3 Å². The summed E-state index contributed by atoms with van der Waals surface area (Å²) in [6, 6.07) is 4.16. The van der Waals surface area contributed by atoms with Crippen LogP contribution in [0.25, 0.3) is 0 Å². The Hall–Kier alpha value is -0.710. The summed E-state index contributed by atoms with van der Waals surface area (Å²) < 4.78 is 53.3. The van der Waals surface area contributed by atoms with Crippen molar-refractivity contribution in [3.63, 3.8) is 0 Å². The Morgan fingerprint density at radius 3 is 2.27 bits per heavy atom. The molecular weight excluding hydrogens is 398 g/mol. The average molecular weight is 426 g/mol. The highest BCUT2D eigenvalue weighted by molar-refractivity contribution is 7.89. The maximum Gasteiger partial charge on any atom is 0.243 e. The molecule has 1 saturated heterocycles. The number of hydrogen-bond donors (Lipinski definition) is 2. The van der Waals surface area contributed by atoms with Gasteiger partial charge in [-0.15, -0.1) is 12.4 Å². The quantitative estimate of drug-likeness (QED) is 0.687. The predicted octanol–water partition coefficient (Wildman–Crippen LogP) is 1.34. The van der Waals surface area contributed by atoms with Crippen LogP contribution in [0.15, 0.2) is 28.0 Å². The second kappa shape index (κ2) is 9.48. The van der Waals surface area contributed by atoms with Gasteiger partial charge in [0.25, 0.3) is 0 Å². The first-order valence-corrected chi connectivity index (χ1v) is 11.4. The van der Waals surface area contributed by atoms with E-state index >= 15 is 0 Å². The molecule has 7 nitrogen and oxygen atoms in total. The molecule has 0 bridgehead atoms. The Balaban J connectivity index is 0.00000338. The summed E-state index contributed by atoms with van der Waals surface area (Å²) in [6.45, 7) is 6.48. The molecule has 0 unspecified atom stereocenters. The number of nitrogens with zero attached hydrogens (tertiary/aromatic N) is 1. The van der Waals surface area contributed by atoms with Gasteiger partial charge in [-0.1, -0.05) is 6.92 Å². The molecule has 0 amide bonds. The molecule has 1 aromatic rings. The molecule has 1 aliphatic rings. The van der Waals surface area contributed by atoms with Gasteiger partial charge in [0.1, 0.15) is 0 Å². The number of sulfonamides is 2. The van der Waals surface area contributed by atoms with E-state index in [0.717, 1.165) is 25.9 Å². The van der Waals surface area contributed by atoms with Crippen molar-refractivity contribution >= 4 is 32.5 Å². The molecule has 150 valence electrons. The SMILES string of the molecule is CCNCC1CCN(S(=O)(=O)c2ccc(S(=O)(=O)NC)c(C)c2)CC1.Cl. The molecule has 2 N–H and O–H groups in total. The molecule has 1 aromatic carbocycles. The predicted molar refractivity (Wildman–Crippen MR) is 105 cm³/mol. The van der Waals surface area contributed by atoms with Crippen molar-refractivity contribution in [3.8, 4) is 0 Å². The molecule has 0 aliphatic carbocycles. The van der Waals surface area contributed by atoms with E-state index in [4.69, 9.17) is 0 Å². The third-order valence-electron chi connectivity index (χ3n) is 4.60. The minimum absolute atomic E-state index is 0. The van der Waals surface area contributed by atoms with E-state index in [1.54, 1.807) is 6.92 Å². The number of benzene rings is 1. The maximum absolute atomic E-state index is 12.8. The third-order valence-corrected chi connectivity index (χ3v) is 8.07. The molecule has 1 fully saturated rings. The molecule has 10 heteroatoms. The summed E-state index contributed by atoms with van der Waals surface area (Å²) in [5, 5.41) is 3.31. The van der Waals surface area contributed by atoms with Crippen LogP contribution in [-0.4, -0.2) is 54.4 Å². The van der Waals surface area contributed by atoms with Crippen LogP contribution in [0.5, 0.6) is 0 Å². The zero-order chi connectivity index (χ0) is 18.7. The number of nitrogens with one attached hydrogen (secondary N) is 2. The lowest BCUT2D eigenvalue weighted by molar-refractivity contribution is 0.268. The fourth-order valence-electron chi connectivity index (χ4n) is 3.05. The van der Waals surface area contributed by atoms with Crippen LogP contribution in [0.4, 0.5) is 0 Å². The summed E-state index contributed by atoms with van der Waals surface area (Å²) in [6.07, 6.45) is 1.66. The van der Waals surface area contributed by atoms with Crippen molar-refractivity contribution in [2.75, 3.05) is 33.2 Å². The number of hydrogen-bond acceptors (Lipinski definition) is 5. The first-order valence-electron chi connectivity index (χ1n) is 8.47. The Labute approximate surface area is 163 Å². The van der Waals surface area contributed by atoms with Gasteiger partial charge in [0.2, 0.25) is 20.0 Å². The number of halogens is 1. The van der Waals surface area contributed by atoms with Crippen molar-refractivity contribution < 1.29 is 16.8 Å². The van der Waals surface area contributed by atoms with Gasteiger partial charge in [-0.2, -0.15) is 4.31 Å². The van der Waals surface area contributed by atoms with Gasteiger partial charge in [0, 0.05) is 13.1 Å². The summed E-state index contributed by atoms with van der Waals surface area (Å²) in [5.41, 5.74) is 0.414. The number of aryl methyl sites for hydroxylation is 1. The van der Waals surface area contributed by atoms with Gasteiger partial charge >= 0.3 is 0 Å². The lowest BCUT2D eigenvalue weighted by Gasteiger charge is -2.31. The Bertz CT molecular complexity index is 805. The topological polar surface area (TPSA) is 95.6 Å². The summed E-state index contributed by atoms with van der Waals surface area (Å²) in [5.74, 6) is 0.497. The molecular formula is C16H28ClN3O4S2. The molecule has 0 spiro atoms. The molecule has 0 atom stereocenters. The van der Waals surface area contributed by atoms with E-state index in [-0.39, 0.29) is 22.2 Å². The Morgan fingerprint density at radius 1 is 1.15 bits per heavy atom. The fraction of sp³-hybridized carbons (Fsp3) is 0.625. The highest BCUT2D eigenvalue weighted by Crippen LogP contribution is 2.26. The number of rotatable bonds is 7. The van der Waals surface area contributed by atoms with E-state index in [9.17, 15) is 16.8 Å². The minimum Gasteiger partial charge on any atom is -0.317 e. The van der Waals surface area contributed by atoms with Crippen molar-refractivity contribution in [2.45, 2.75) is 36.5 Å². The van der Waals surface area contributed by atoms with Crippen molar-refractivity contribution in [1.29, 1.82) is 0 Å². The lowest BCUT2D eigenvalue weighted by atomic mass is 9.98. The molecule has 2 rings (SSSR count). The van der Waals surface area contributed by atoms with Crippen molar-refractivity contribution in [3.05, 3.63) is 23.8 Å². The van der Waals surface area contributed by atoms with Gasteiger partial charge in [-0.3, -0.25) is 0 Å². The van der Waals surface area contributed by atoms with Crippen LogP contribution in [0.3, 0.4) is 0 Å². The van der Waals surface area contributed by atoms with Gasteiger partial charge in [0.15, 0.2) is 0 Å². The maximum atomic E-state index is 12.8. The second-order valence-electron chi connectivity index (χ2n) is 6.29. The van der Waals surface area contributed by atoms with E-state index in [2.05, 4.69) is 17.0 Å². The normalized spacial score (nSPS) is 17.0. The van der Waals surface area contributed by atoms with Gasteiger partial charge in [-0.25, -0.2) is 21.6 Å². The summed E-state index contributed by atoms with van der Waals surface area (Å²) in [7, 11) is -5.87. The van der Waals surface area contributed by atoms with Crippen LogP contribution >= 0.6 is 12.4 Å². The van der Waals surface area contributed by atoms with E-state index < -0.39 is 20.0 Å². The molecule has 0 radical (unpaired) electrons. The largest absolute Gasteiger partial charge is 0.317 e. The van der Waals surface area contributed by atoms with E-state index in [1.807, 2.05) is 0 Å². The number of piperidine rings is 1. The monoisotopic (exact) mass is 425 g/mol. The standard InChI is InChI=1S/C16H27N3O4S2.ClH/c1-4-18-12-14-7-9-19(10-8-14)25(22,23)15-5-6-16(13(2)11-15)24(20,21)17-3;/h5-6,11,14,17-18H,4,7-10,12H2,1-3H3;1H. The first-order chi connectivity index (χ1) is 11.7. The third kappa shape index (κ3) is 5.17. The van der Waals surface area contributed by atoms with Crippen LogP contribution in [-0.2, 0) is 20.0 Å². The van der Waals surface area contributed by atoms with Gasteiger partial charge in [0.05, 0.1) is 9.79 Å². The highest BCUT2D eigenvalue weighted by Gasteiger charge is 2.30. The molecule has 1 aliphatic heterocycles. The van der Waals surface area contributed by atoms with Crippen molar-refractivity contribution in [2.24, 2.45) is 5.92 Å². The van der Waals surface area contributed by atoms with Gasteiger partial charge < -0.3 is 5.32 Å². The molecule has 1 heterocycles.